The number of rotatable bonds is 3. The van der Waals surface area contributed by atoms with Gasteiger partial charge in [0.2, 0.25) is 10.0 Å². The SMILES string of the molecule is Cn1c(=O)oc2ccc(S(=O)(=O)N3CCCN(C4CCSC4)CC3)cc21. The molecule has 3 heterocycles. The highest BCUT2D eigenvalue weighted by Crippen LogP contribution is 2.25. The Kier molecular flexibility index (Phi) is 4.89. The fourth-order valence-corrected chi connectivity index (χ4v) is 6.49. The first-order valence-electron chi connectivity index (χ1n) is 8.88. The Hall–Kier alpha value is -1.29. The second-order valence-corrected chi connectivity index (χ2v) is 9.96. The van der Waals surface area contributed by atoms with Gasteiger partial charge < -0.3 is 4.42 Å². The first-order valence-corrected chi connectivity index (χ1v) is 11.5. The van der Waals surface area contributed by atoms with E-state index >= 15 is 0 Å². The molecule has 142 valence electrons. The van der Waals surface area contributed by atoms with Gasteiger partial charge in [-0.2, -0.15) is 16.1 Å². The van der Waals surface area contributed by atoms with Gasteiger partial charge in [0.1, 0.15) is 0 Å². The molecule has 2 aliphatic heterocycles. The zero-order valence-electron chi connectivity index (χ0n) is 14.8. The van der Waals surface area contributed by atoms with Crippen LogP contribution in [0.25, 0.3) is 11.1 Å². The minimum atomic E-state index is -3.59. The Balaban J connectivity index is 1.58. The summed E-state index contributed by atoms with van der Waals surface area (Å²) < 4.78 is 34.2. The van der Waals surface area contributed by atoms with Crippen LogP contribution in [-0.4, -0.2) is 65.9 Å². The molecule has 0 spiro atoms. The summed E-state index contributed by atoms with van der Waals surface area (Å²) in [5, 5.41) is 0. The van der Waals surface area contributed by atoms with Crippen molar-refractivity contribution < 1.29 is 12.8 Å². The standard InChI is InChI=1S/C17H23N3O4S2/c1-18-15-11-14(3-4-16(15)24-17(18)21)26(22,23)20-7-2-6-19(8-9-20)13-5-10-25-12-13/h3-4,11,13H,2,5-10,12H2,1H3. The summed E-state index contributed by atoms with van der Waals surface area (Å²) in [6.45, 7) is 2.76. The molecule has 1 aromatic carbocycles. The van der Waals surface area contributed by atoms with Crippen LogP contribution in [0, 0.1) is 0 Å². The third-order valence-electron chi connectivity index (χ3n) is 5.31. The number of aromatic nitrogens is 1. The van der Waals surface area contributed by atoms with Gasteiger partial charge in [0.05, 0.1) is 10.4 Å². The van der Waals surface area contributed by atoms with Gasteiger partial charge in [0, 0.05) is 38.5 Å². The summed E-state index contributed by atoms with van der Waals surface area (Å²) in [5.74, 6) is 1.86. The van der Waals surface area contributed by atoms with Crippen LogP contribution in [0.2, 0.25) is 0 Å². The second-order valence-electron chi connectivity index (χ2n) is 6.87. The third-order valence-corrected chi connectivity index (χ3v) is 8.35. The number of oxazole rings is 1. The summed E-state index contributed by atoms with van der Waals surface area (Å²) in [4.78, 5) is 14.3. The highest BCUT2D eigenvalue weighted by atomic mass is 32.2. The maximum Gasteiger partial charge on any atom is 0.419 e. The van der Waals surface area contributed by atoms with Gasteiger partial charge in [-0.3, -0.25) is 9.47 Å². The van der Waals surface area contributed by atoms with Crippen molar-refractivity contribution in [3.05, 3.63) is 28.7 Å². The molecule has 0 aliphatic carbocycles. The monoisotopic (exact) mass is 397 g/mol. The molecule has 1 aromatic heterocycles. The summed E-state index contributed by atoms with van der Waals surface area (Å²) in [5.41, 5.74) is 0.896. The number of benzene rings is 1. The normalized spacial score (nSPS) is 23.5. The Bertz CT molecular complexity index is 960. The molecule has 2 aromatic rings. The molecule has 0 radical (unpaired) electrons. The van der Waals surface area contributed by atoms with Gasteiger partial charge in [0.25, 0.3) is 0 Å². The van der Waals surface area contributed by atoms with E-state index in [-0.39, 0.29) is 4.90 Å². The van der Waals surface area contributed by atoms with E-state index in [1.807, 2.05) is 11.8 Å². The number of aryl methyl sites for hydroxylation is 1. The van der Waals surface area contributed by atoms with E-state index in [1.54, 1.807) is 17.4 Å². The lowest BCUT2D eigenvalue weighted by Gasteiger charge is -2.26. The largest absolute Gasteiger partial charge is 0.419 e. The third kappa shape index (κ3) is 3.21. The summed E-state index contributed by atoms with van der Waals surface area (Å²) in [6, 6.07) is 5.20. The Morgan fingerprint density at radius 1 is 1.19 bits per heavy atom. The van der Waals surface area contributed by atoms with Crippen LogP contribution in [0.3, 0.4) is 0 Å². The molecular formula is C17H23N3O4S2. The number of hydrogen-bond donors (Lipinski definition) is 0. The van der Waals surface area contributed by atoms with E-state index in [9.17, 15) is 13.2 Å². The van der Waals surface area contributed by atoms with Gasteiger partial charge in [-0.25, -0.2) is 13.2 Å². The van der Waals surface area contributed by atoms with E-state index in [1.165, 1.54) is 28.9 Å². The molecule has 9 heteroatoms. The molecule has 0 N–H and O–H groups in total. The lowest BCUT2D eigenvalue weighted by molar-refractivity contribution is 0.223. The molecular weight excluding hydrogens is 374 g/mol. The molecule has 2 saturated heterocycles. The molecule has 2 aliphatic rings. The van der Waals surface area contributed by atoms with Crippen molar-refractivity contribution in [2.75, 3.05) is 37.7 Å². The fourth-order valence-electron chi connectivity index (χ4n) is 3.75. The Labute approximate surface area is 157 Å². The van der Waals surface area contributed by atoms with Crippen LogP contribution in [0.15, 0.2) is 32.3 Å². The second kappa shape index (κ2) is 7.03. The van der Waals surface area contributed by atoms with Gasteiger partial charge in [0.15, 0.2) is 5.58 Å². The molecule has 4 rings (SSSR count). The van der Waals surface area contributed by atoms with Crippen molar-refractivity contribution in [2.45, 2.75) is 23.8 Å². The zero-order chi connectivity index (χ0) is 18.3. The van der Waals surface area contributed by atoms with Crippen LogP contribution in [0.5, 0.6) is 0 Å². The van der Waals surface area contributed by atoms with Crippen LogP contribution in [0.1, 0.15) is 12.8 Å². The maximum atomic E-state index is 13.1. The highest BCUT2D eigenvalue weighted by Gasteiger charge is 2.30. The molecule has 2 fully saturated rings. The quantitative estimate of drug-likeness (QED) is 0.778. The van der Waals surface area contributed by atoms with Crippen molar-refractivity contribution in [3.63, 3.8) is 0 Å². The first kappa shape index (κ1) is 18.1. The van der Waals surface area contributed by atoms with Crippen LogP contribution >= 0.6 is 11.8 Å². The van der Waals surface area contributed by atoms with Crippen molar-refractivity contribution in [3.8, 4) is 0 Å². The minimum Gasteiger partial charge on any atom is -0.408 e. The number of hydrogen-bond acceptors (Lipinski definition) is 6. The summed E-state index contributed by atoms with van der Waals surface area (Å²) >= 11 is 1.98. The average Bonchev–Trinajstić information content (AvgIpc) is 3.16. The van der Waals surface area contributed by atoms with E-state index in [0.29, 0.717) is 30.2 Å². The number of nitrogens with zero attached hydrogens (tertiary/aromatic N) is 3. The maximum absolute atomic E-state index is 13.1. The fraction of sp³-hybridized carbons (Fsp3) is 0.588. The molecule has 0 saturated carbocycles. The van der Waals surface area contributed by atoms with Crippen LogP contribution in [-0.2, 0) is 17.1 Å². The summed E-state index contributed by atoms with van der Waals surface area (Å²) in [6.07, 6.45) is 2.04. The lowest BCUT2D eigenvalue weighted by atomic mass is 10.2. The van der Waals surface area contributed by atoms with E-state index in [4.69, 9.17) is 4.42 Å². The average molecular weight is 398 g/mol. The smallest absolute Gasteiger partial charge is 0.408 e. The van der Waals surface area contributed by atoms with Gasteiger partial charge in [-0.1, -0.05) is 0 Å². The predicted octanol–water partition coefficient (Wildman–Crippen LogP) is 1.33. The first-order chi connectivity index (χ1) is 12.5. The topological polar surface area (TPSA) is 75.8 Å². The highest BCUT2D eigenvalue weighted by molar-refractivity contribution is 7.99. The molecule has 0 amide bonds. The minimum absolute atomic E-state index is 0.214. The van der Waals surface area contributed by atoms with Crippen molar-refractivity contribution in [2.24, 2.45) is 7.05 Å². The predicted molar refractivity (Wildman–Crippen MR) is 102 cm³/mol. The molecule has 26 heavy (non-hydrogen) atoms. The number of fused-ring (bicyclic) bond motifs is 1. The molecule has 1 atom stereocenters. The zero-order valence-corrected chi connectivity index (χ0v) is 16.4. The van der Waals surface area contributed by atoms with Crippen molar-refractivity contribution in [1.29, 1.82) is 0 Å². The molecule has 1 unspecified atom stereocenters. The summed E-state index contributed by atoms with van der Waals surface area (Å²) in [7, 11) is -2.01. The van der Waals surface area contributed by atoms with Gasteiger partial charge in [-0.15, -0.1) is 0 Å². The Morgan fingerprint density at radius 3 is 2.81 bits per heavy atom. The van der Waals surface area contributed by atoms with E-state index in [2.05, 4.69) is 4.90 Å². The molecule has 7 nitrogen and oxygen atoms in total. The molecule has 0 bridgehead atoms. The lowest BCUT2D eigenvalue weighted by Crippen LogP contribution is -2.39. The van der Waals surface area contributed by atoms with Crippen molar-refractivity contribution in [1.82, 2.24) is 13.8 Å². The van der Waals surface area contributed by atoms with Gasteiger partial charge >= 0.3 is 5.76 Å². The van der Waals surface area contributed by atoms with Crippen LogP contribution < -0.4 is 5.76 Å². The van der Waals surface area contributed by atoms with Crippen molar-refractivity contribution >= 4 is 32.9 Å². The van der Waals surface area contributed by atoms with Crippen LogP contribution in [0.4, 0.5) is 0 Å². The van der Waals surface area contributed by atoms with E-state index < -0.39 is 15.8 Å². The van der Waals surface area contributed by atoms with Gasteiger partial charge in [-0.05, 0) is 43.3 Å². The number of sulfonamides is 1. The Morgan fingerprint density at radius 2 is 2.04 bits per heavy atom. The number of thioether (sulfide) groups is 1. The van der Waals surface area contributed by atoms with E-state index in [0.717, 1.165) is 25.3 Å².